The lowest BCUT2D eigenvalue weighted by Crippen LogP contribution is -2.51. The van der Waals surface area contributed by atoms with Crippen molar-refractivity contribution < 1.29 is 19.1 Å². The van der Waals surface area contributed by atoms with Gasteiger partial charge in [-0.3, -0.25) is 25.8 Å². The summed E-state index contributed by atoms with van der Waals surface area (Å²) in [5, 5.41) is 3.13. The molecule has 0 aliphatic heterocycles. The quantitative estimate of drug-likeness (QED) is 0.237. The molecule has 0 spiro atoms. The normalized spacial score (nSPS) is 11.3. The molecule has 2 amide bonds. The third-order valence-corrected chi connectivity index (χ3v) is 5.40. The topological polar surface area (TPSA) is 88.7 Å². The van der Waals surface area contributed by atoms with Crippen LogP contribution in [0.4, 0.5) is 0 Å². The van der Waals surface area contributed by atoms with Crippen molar-refractivity contribution in [3.63, 3.8) is 0 Å². The molecule has 0 heterocycles. The Labute approximate surface area is 210 Å². The zero-order chi connectivity index (χ0) is 23.7. The zero-order valence-corrected chi connectivity index (χ0v) is 21.3. The van der Waals surface area contributed by atoms with Gasteiger partial charge in [0.2, 0.25) is 0 Å². The molecule has 1 atom stereocenters. The Morgan fingerprint density at radius 3 is 2.50 bits per heavy atom. The second-order valence-electron chi connectivity index (χ2n) is 6.58. The molecule has 0 saturated heterocycles. The maximum Gasteiger partial charge on any atom is 0.279 e. The smallest absolute Gasteiger partial charge is 0.279 e. The highest BCUT2D eigenvalue weighted by Gasteiger charge is 2.17. The van der Waals surface area contributed by atoms with Crippen molar-refractivity contribution in [2.45, 2.75) is 32.8 Å². The SMILES string of the molecule is CCCCOc1ccc(C(=O)NC(=S)NNC(=O)C(C)Oc2ccc(Cl)cc2Cl)cc1Br. The highest BCUT2D eigenvalue weighted by atomic mass is 79.9. The molecule has 0 bridgehead atoms. The van der Waals surface area contributed by atoms with Gasteiger partial charge in [-0.25, -0.2) is 0 Å². The summed E-state index contributed by atoms with van der Waals surface area (Å²) in [5.41, 5.74) is 5.20. The van der Waals surface area contributed by atoms with Crippen molar-refractivity contribution in [2.75, 3.05) is 6.61 Å². The van der Waals surface area contributed by atoms with Gasteiger partial charge in [0.05, 0.1) is 16.1 Å². The van der Waals surface area contributed by atoms with Gasteiger partial charge >= 0.3 is 0 Å². The van der Waals surface area contributed by atoms with Crippen LogP contribution >= 0.6 is 51.3 Å². The van der Waals surface area contributed by atoms with Crippen LogP contribution in [0.3, 0.4) is 0 Å². The number of ether oxygens (including phenoxy) is 2. The Balaban J connectivity index is 1.83. The molecule has 0 radical (unpaired) electrons. The lowest BCUT2D eigenvalue weighted by molar-refractivity contribution is -0.127. The van der Waals surface area contributed by atoms with Crippen molar-refractivity contribution in [1.82, 2.24) is 16.2 Å². The Bertz CT molecular complexity index is 994. The maximum absolute atomic E-state index is 12.4. The fraction of sp³-hybridized carbons (Fsp3) is 0.286. The van der Waals surface area contributed by atoms with E-state index in [1.165, 1.54) is 13.0 Å². The Morgan fingerprint density at radius 1 is 1.12 bits per heavy atom. The molecular weight excluding hydrogens is 541 g/mol. The van der Waals surface area contributed by atoms with Gasteiger partial charge in [0.25, 0.3) is 11.8 Å². The zero-order valence-electron chi connectivity index (χ0n) is 17.3. The van der Waals surface area contributed by atoms with E-state index in [0.717, 1.165) is 12.8 Å². The minimum Gasteiger partial charge on any atom is -0.492 e. The number of rotatable bonds is 8. The van der Waals surface area contributed by atoms with Crippen molar-refractivity contribution >= 4 is 68.3 Å². The van der Waals surface area contributed by atoms with E-state index in [0.29, 0.717) is 33.2 Å². The molecule has 3 N–H and O–H groups in total. The minimum absolute atomic E-state index is 0.0838. The van der Waals surface area contributed by atoms with Gasteiger partial charge in [0.1, 0.15) is 11.5 Å². The number of hydrogen-bond donors (Lipinski definition) is 3. The summed E-state index contributed by atoms with van der Waals surface area (Å²) >= 11 is 20.3. The van der Waals surface area contributed by atoms with Crippen LogP contribution in [0.15, 0.2) is 40.9 Å². The molecule has 1 unspecified atom stereocenters. The van der Waals surface area contributed by atoms with Crippen LogP contribution in [-0.2, 0) is 4.79 Å². The summed E-state index contributed by atoms with van der Waals surface area (Å²) < 4.78 is 11.8. The van der Waals surface area contributed by atoms with Gasteiger partial charge in [-0.15, -0.1) is 0 Å². The summed E-state index contributed by atoms with van der Waals surface area (Å²) in [4.78, 5) is 24.6. The minimum atomic E-state index is -0.893. The van der Waals surface area contributed by atoms with Gasteiger partial charge in [0.15, 0.2) is 11.2 Å². The standard InChI is InChI=1S/C21H22BrCl2N3O4S/c1-3-4-9-30-17-7-5-13(10-15(17)22)20(29)25-21(32)27-26-19(28)12(2)31-18-8-6-14(23)11-16(18)24/h5-8,10-12H,3-4,9H2,1-2H3,(H,26,28)(H2,25,27,29,32). The van der Waals surface area contributed by atoms with Gasteiger partial charge in [-0.05, 0) is 77.9 Å². The first-order valence-electron chi connectivity index (χ1n) is 9.66. The van der Waals surface area contributed by atoms with E-state index in [1.54, 1.807) is 30.3 Å². The second-order valence-corrected chi connectivity index (χ2v) is 8.69. The molecule has 2 rings (SSSR count). The highest BCUT2D eigenvalue weighted by Crippen LogP contribution is 2.28. The highest BCUT2D eigenvalue weighted by molar-refractivity contribution is 9.10. The fourth-order valence-electron chi connectivity index (χ4n) is 2.33. The number of hydrazine groups is 1. The van der Waals surface area contributed by atoms with Gasteiger partial charge in [0, 0.05) is 10.6 Å². The number of nitrogens with one attached hydrogen (secondary N) is 3. The van der Waals surface area contributed by atoms with E-state index in [9.17, 15) is 9.59 Å². The molecular formula is C21H22BrCl2N3O4S. The third kappa shape index (κ3) is 8.12. The van der Waals surface area contributed by atoms with Crippen molar-refractivity contribution in [3.8, 4) is 11.5 Å². The van der Waals surface area contributed by atoms with Crippen LogP contribution < -0.4 is 25.6 Å². The molecule has 0 saturated carbocycles. The molecule has 172 valence electrons. The van der Waals surface area contributed by atoms with Crippen LogP contribution in [-0.4, -0.2) is 29.6 Å². The molecule has 0 aromatic heterocycles. The summed E-state index contributed by atoms with van der Waals surface area (Å²) in [5.74, 6) is -0.0150. The molecule has 32 heavy (non-hydrogen) atoms. The van der Waals surface area contributed by atoms with Crippen LogP contribution in [0.5, 0.6) is 11.5 Å². The number of benzene rings is 2. The Kier molecular flexibility index (Phi) is 10.5. The molecule has 2 aromatic rings. The number of thiocarbonyl (C=S) groups is 1. The Hall–Kier alpha value is -2.07. The number of hydrogen-bond acceptors (Lipinski definition) is 5. The van der Waals surface area contributed by atoms with E-state index in [-0.39, 0.29) is 10.1 Å². The first-order chi connectivity index (χ1) is 15.2. The summed E-state index contributed by atoms with van der Waals surface area (Å²) in [6.07, 6.45) is 1.08. The maximum atomic E-state index is 12.4. The van der Waals surface area contributed by atoms with E-state index >= 15 is 0 Å². The van der Waals surface area contributed by atoms with E-state index in [4.69, 9.17) is 44.9 Å². The molecule has 0 fully saturated rings. The lowest BCUT2D eigenvalue weighted by atomic mass is 10.2. The molecule has 7 nitrogen and oxygen atoms in total. The van der Waals surface area contributed by atoms with E-state index in [2.05, 4.69) is 39.0 Å². The predicted molar refractivity (Wildman–Crippen MR) is 132 cm³/mol. The first kappa shape index (κ1) is 26.2. The average molecular weight is 563 g/mol. The Morgan fingerprint density at radius 2 is 1.84 bits per heavy atom. The van der Waals surface area contributed by atoms with Crippen molar-refractivity contribution in [1.29, 1.82) is 0 Å². The number of amides is 2. The van der Waals surface area contributed by atoms with Crippen LogP contribution in [0.25, 0.3) is 0 Å². The summed E-state index contributed by atoms with van der Waals surface area (Å²) in [6.45, 7) is 4.21. The van der Waals surface area contributed by atoms with Gasteiger partial charge < -0.3 is 9.47 Å². The van der Waals surface area contributed by atoms with E-state index in [1.807, 2.05) is 0 Å². The summed E-state index contributed by atoms with van der Waals surface area (Å²) in [6, 6.07) is 9.61. The molecule has 11 heteroatoms. The first-order valence-corrected chi connectivity index (χ1v) is 11.6. The van der Waals surface area contributed by atoms with Crippen molar-refractivity contribution in [3.05, 3.63) is 56.5 Å². The average Bonchev–Trinajstić information content (AvgIpc) is 2.75. The van der Waals surface area contributed by atoms with Crippen LogP contribution in [0.1, 0.15) is 37.0 Å². The van der Waals surface area contributed by atoms with E-state index < -0.39 is 17.9 Å². The molecule has 0 aliphatic carbocycles. The van der Waals surface area contributed by atoms with Crippen molar-refractivity contribution in [2.24, 2.45) is 0 Å². The van der Waals surface area contributed by atoms with Crippen LogP contribution in [0.2, 0.25) is 10.0 Å². The molecule has 2 aromatic carbocycles. The third-order valence-electron chi connectivity index (χ3n) is 4.04. The number of carbonyl (C=O) groups is 2. The number of carbonyl (C=O) groups excluding carboxylic acids is 2. The molecule has 0 aliphatic rings. The summed E-state index contributed by atoms with van der Waals surface area (Å²) in [7, 11) is 0. The van der Waals surface area contributed by atoms with Crippen LogP contribution in [0, 0.1) is 0 Å². The lowest BCUT2D eigenvalue weighted by Gasteiger charge is -2.17. The monoisotopic (exact) mass is 561 g/mol. The number of unbranched alkanes of at least 4 members (excludes halogenated alkanes) is 1. The van der Waals surface area contributed by atoms with Gasteiger partial charge in [-0.2, -0.15) is 0 Å². The largest absolute Gasteiger partial charge is 0.492 e. The second kappa shape index (κ2) is 12.8. The van der Waals surface area contributed by atoms with Gasteiger partial charge in [-0.1, -0.05) is 36.5 Å². The predicted octanol–water partition coefficient (Wildman–Crippen LogP) is 5.04. The fourth-order valence-corrected chi connectivity index (χ4v) is 3.42. The number of halogens is 3.